The van der Waals surface area contributed by atoms with Gasteiger partial charge in [0.25, 0.3) is 0 Å². The van der Waals surface area contributed by atoms with Crippen molar-refractivity contribution in [3.63, 3.8) is 0 Å². The Kier molecular flexibility index (Phi) is 5.54. The first-order chi connectivity index (χ1) is 12.0. The van der Waals surface area contributed by atoms with Crippen LogP contribution in [0.4, 0.5) is 5.69 Å². The Morgan fingerprint density at radius 1 is 1.48 bits per heavy atom. The number of anilines is 1. The number of rotatable bonds is 7. The van der Waals surface area contributed by atoms with Crippen molar-refractivity contribution in [1.29, 1.82) is 0 Å². The van der Waals surface area contributed by atoms with Crippen molar-refractivity contribution in [2.24, 2.45) is 0 Å². The van der Waals surface area contributed by atoms with Gasteiger partial charge in [0.05, 0.1) is 17.4 Å². The minimum absolute atomic E-state index is 0.107. The first kappa shape index (κ1) is 18.1. The van der Waals surface area contributed by atoms with E-state index in [0.717, 1.165) is 17.5 Å². The zero-order chi connectivity index (χ0) is 18.0. The second-order valence-corrected chi connectivity index (χ2v) is 7.67. The molecule has 3 rings (SSSR count). The zero-order valence-electron chi connectivity index (χ0n) is 14.5. The highest BCUT2D eigenvalue weighted by Crippen LogP contribution is 2.40. The van der Waals surface area contributed by atoms with Gasteiger partial charge in [-0.2, -0.15) is 0 Å². The lowest BCUT2D eigenvalue weighted by molar-refractivity contribution is -0.115. The van der Waals surface area contributed by atoms with Crippen LogP contribution in [0, 0.1) is 0 Å². The number of aromatic nitrogens is 3. The molecule has 25 heavy (non-hydrogen) atoms. The highest BCUT2D eigenvalue weighted by atomic mass is 35.5. The molecular weight excluding hydrogens is 360 g/mol. The fourth-order valence-electron chi connectivity index (χ4n) is 2.53. The molecule has 1 aromatic carbocycles. The van der Waals surface area contributed by atoms with E-state index in [1.54, 1.807) is 25.3 Å². The van der Waals surface area contributed by atoms with Gasteiger partial charge in [-0.25, -0.2) is 0 Å². The third-order valence-corrected chi connectivity index (χ3v) is 5.45. The molecule has 1 amide bonds. The Morgan fingerprint density at radius 3 is 2.84 bits per heavy atom. The molecule has 0 unspecified atom stereocenters. The van der Waals surface area contributed by atoms with Gasteiger partial charge in [-0.1, -0.05) is 23.4 Å². The maximum Gasteiger partial charge on any atom is 0.237 e. The Bertz CT molecular complexity index is 776. The lowest BCUT2D eigenvalue weighted by Gasteiger charge is -2.13. The zero-order valence-corrected chi connectivity index (χ0v) is 16.0. The monoisotopic (exact) mass is 380 g/mol. The summed E-state index contributed by atoms with van der Waals surface area (Å²) in [7, 11) is 1.55. The number of carbonyl (C=O) groups excluding carboxylic acids is 1. The fraction of sp³-hybridized carbons (Fsp3) is 0.471. The van der Waals surface area contributed by atoms with E-state index < -0.39 is 0 Å². The van der Waals surface area contributed by atoms with Gasteiger partial charge in [0, 0.05) is 18.2 Å². The summed E-state index contributed by atoms with van der Waals surface area (Å²) in [6, 6.07) is 5.17. The van der Waals surface area contributed by atoms with Crippen molar-refractivity contribution >= 4 is 35.0 Å². The van der Waals surface area contributed by atoms with Gasteiger partial charge in [0.1, 0.15) is 11.6 Å². The topological polar surface area (TPSA) is 69.0 Å². The van der Waals surface area contributed by atoms with E-state index in [4.69, 9.17) is 16.3 Å². The predicted molar refractivity (Wildman–Crippen MR) is 99.6 cm³/mol. The molecule has 8 heteroatoms. The number of thioether (sulfide) groups is 1. The Balaban J connectivity index is 1.66. The summed E-state index contributed by atoms with van der Waals surface area (Å²) in [6.45, 7) is 4.74. The summed E-state index contributed by atoms with van der Waals surface area (Å²) < 4.78 is 7.22. The molecule has 1 heterocycles. The number of benzene rings is 1. The first-order valence-electron chi connectivity index (χ1n) is 8.27. The van der Waals surface area contributed by atoms with E-state index >= 15 is 0 Å². The third-order valence-electron chi connectivity index (χ3n) is 4.07. The van der Waals surface area contributed by atoms with Crippen LogP contribution in [0.3, 0.4) is 0 Å². The van der Waals surface area contributed by atoms with Crippen molar-refractivity contribution in [3.05, 3.63) is 29.0 Å². The van der Waals surface area contributed by atoms with E-state index in [9.17, 15) is 4.79 Å². The SMILES string of the molecule is CCn1c(S[C@@H](C)C(=O)Nc2ccc(OC)c(Cl)c2)nnc1C1CC1. The number of hydrogen-bond donors (Lipinski definition) is 1. The van der Waals surface area contributed by atoms with Crippen LogP contribution in [0.25, 0.3) is 0 Å². The van der Waals surface area contributed by atoms with Gasteiger partial charge < -0.3 is 14.6 Å². The molecule has 1 saturated carbocycles. The summed E-state index contributed by atoms with van der Waals surface area (Å²) in [6.07, 6.45) is 2.36. The van der Waals surface area contributed by atoms with E-state index in [2.05, 4.69) is 27.0 Å². The van der Waals surface area contributed by atoms with Crippen LogP contribution < -0.4 is 10.1 Å². The average Bonchev–Trinajstić information content (AvgIpc) is 3.36. The van der Waals surface area contributed by atoms with Gasteiger partial charge in [-0.15, -0.1) is 10.2 Å². The van der Waals surface area contributed by atoms with Crippen molar-refractivity contribution in [3.8, 4) is 5.75 Å². The Labute approximate surface area is 156 Å². The first-order valence-corrected chi connectivity index (χ1v) is 9.53. The molecule has 0 aliphatic heterocycles. The van der Waals surface area contributed by atoms with Crippen LogP contribution in [0.2, 0.25) is 5.02 Å². The smallest absolute Gasteiger partial charge is 0.237 e. The molecule has 0 bridgehead atoms. The number of carbonyl (C=O) groups is 1. The molecule has 0 radical (unpaired) electrons. The largest absolute Gasteiger partial charge is 0.495 e. The van der Waals surface area contributed by atoms with Crippen molar-refractivity contribution < 1.29 is 9.53 Å². The Hall–Kier alpha value is -1.73. The third kappa shape index (κ3) is 4.10. The summed E-state index contributed by atoms with van der Waals surface area (Å²) in [5.41, 5.74) is 0.638. The minimum Gasteiger partial charge on any atom is -0.495 e. The lowest BCUT2D eigenvalue weighted by atomic mass is 10.3. The number of hydrogen-bond acceptors (Lipinski definition) is 5. The van der Waals surface area contributed by atoms with Gasteiger partial charge in [0.15, 0.2) is 5.16 Å². The van der Waals surface area contributed by atoms with E-state index in [1.807, 2.05) is 6.92 Å². The number of ether oxygens (including phenoxy) is 1. The number of amides is 1. The molecule has 1 aromatic heterocycles. The normalized spacial score (nSPS) is 15.0. The number of halogens is 1. The molecule has 1 atom stereocenters. The number of nitrogens with one attached hydrogen (secondary N) is 1. The summed E-state index contributed by atoms with van der Waals surface area (Å²) in [4.78, 5) is 12.5. The average molecular weight is 381 g/mol. The van der Waals surface area contributed by atoms with Crippen LogP contribution in [-0.4, -0.2) is 33.0 Å². The van der Waals surface area contributed by atoms with Crippen LogP contribution in [0.1, 0.15) is 38.4 Å². The predicted octanol–water partition coefficient (Wildman–Crippen LogP) is 3.96. The van der Waals surface area contributed by atoms with E-state index in [1.165, 1.54) is 24.6 Å². The van der Waals surface area contributed by atoms with Crippen molar-refractivity contribution in [1.82, 2.24) is 14.8 Å². The maximum atomic E-state index is 12.5. The molecule has 2 aromatic rings. The van der Waals surface area contributed by atoms with Crippen molar-refractivity contribution in [2.75, 3.05) is 12.4 Å². The van der Waals surface area contributed by atoms with Gasteiger partial charge in [-0.05, 0) is 44.9 Å². The van der Waals surface area contributed by atoms with Crippen LogP contribution >= 0.6 is 23.4 Å². The molecule has 0 spiro atoms. The van der Waals surface area contributed by atoms with Gasteiger partial charge in [-0.3, -0.25) is 4.79 Å². The summed E-state index contributed by atoms with van der Waals surface area (Å²) >= 11 is 7.52. The molecule has 6 nitrogen and oxygen atoms in total. The molecule has 0 saturated heterocycles. The lowest BCUT2D eigenvalue weighted by Crippen LogP contribution is -2.23. The Morgan fingerprint density at radius 2 is 2.24 bits per heavy atom. The second-order valence-electron chi connectivity index (χ2n) is 5.96. The van der Waals surface area contributed by atoms with Gasteiger partial charge >= 0.3 is 0 Å². The van der Waals surface area contributed by atoms with Crippen LogP contribution in [-0.2, 0) is 11.3 Å². The van der Waals surface area contributed by atoms with E-state index in [0.29, 0.717) is 22.4 Å². The van der Waals surface area contributed by atoms with Crippen molar-refractivity contribution in [2.45, 2.75) is 49.6 Å². The van der Waals surface area contributed by atoms with Crippen LogP contribution in [0.15, 0.2) is 23.4 Å². The second kappa shape index (κ2) is 7.66. The number of methoxy groups -OCH3 is 1. The molecular formula is C17H21ClN4O2S. The highest BCUT2D eigenvalue weighted by Gasteiger charge is 2.30. The quantitative estimate of drug-likeness (QED) is 0.736. The maximum absolute atomic E-state index is 12.5. The molecule has 1 N–H and O–H groups in total. The molecule has 1 fully saturated rings. The summed E-state index contributed by atoms with van der Waals surface area (Å²) in [5, 5.41) is 12.4. The van der Waals surface area contributed by atoms with Crippen LogP contribution in [0.5, 0.6) is 5.75 Å². The molecule has 134 valence electrons. The fourth-order valence-corrected chi connectivity index (χ4v) is 3.71. The minimum atomic E-state index is -0.303. The highest BCUT2D eigenvalue weighted by molar-refractivity contribution is 8.00. The van der Waals surface area contributed by atoms with Gasteiger partial charge in [0.2, 0.25) is 5.91 Å². The summed E-state index contributed by atoms with van der Waals surface area (Å²) in [5.74, 6) is 2.04. The standard InChI is InChI=1S/C17H21ClN4O2S/c1-4-22-15(11-5-6-11)20-21-17(22)25-10(2)16(23)19-12-7-8-14(24-3)13(18)9-12/h7-11H,4-6H2,1-3H3,(H,19,23)/t10-/m0/s1. The van der Waals surface area contributed by atoms with E-state index in [-0.39, 0.29) is 11.2 Å². The number of nitrogens with zero attached hydrogens (tertiary/aromatic N) is 3. The molecule has 1 aliphatic carbocycles. The molecule has 1 aliphatic rings.